The van der Waals surface area contributed by atoms with Crippen LogP contribution in [0, 0.1) is 18.3 Å². The molecule has 0 bridgehead atoms. The molecule has 0 aromatic heterocycles. The molecule has 4 rings (SSSR count). The number of amides is 3. The molecule has 1 unspecified atom stereocenters. The van der Waals surface area contributed by atoms with Gasteiger partial charge in [0.2, 0.25) is 0 Å². The summed E-state index contributed by atoms with van der Waals surface area (Å²) in [5.74, 6) is 1.01. The Hall–Kier alpha value is -2.86. The number of rotatable bonds is 6. The van der Waals surface area contributed by atoms with E-state index in [-0.39, 0.29) is 5.91 Å². The van der Waals surface area contributed by atoms with E-state index in [0.29, 0.717) is 23.1 Å². The van der Waals surface area contributed by atoms with Crippen LogP contribution in [0.3, 0.4) is 0 Å². The SMILES string of the molecule is NC(=O)Nc1ccccc1C(=O)N1CC2CN(CC[CH]c3ccccc3)C[C@H]2C1. The Morgan fingerprint density at radius 1 is 0.966 bits per heavy atom. The summed E-state index contributed by atoms with van der Waals surface area (Å²) >= 11 is 0. The first-order valence-corrected chi connectivity index (χ1v) is 10.2. The maximum absolute atomic E-state index is 13.0. The number of urea groups is 1. The van der Waals surface area contributed by atoms with Crippen LogP contribution in [0.1, 0.15) is 22.3 Å². The third kappa shape index (κ3) is 4.59. The monoisotopic (exact) mass is 391 g/mol. The highest BCUT2D eigenvalue weighted by Gasteiger charge is 2.41. The molecule has 0 spiro atoms. The van der Waals surface area contributed by atoms with Crippen LogP contribution in [0.5, 0.6) is 0 Å². The molecule has 2 aliphatic heterocycles. The van der Waals surface area contributed by atoms with Crippen molar-refractivity contribution in [3.05, 3.63) is 72.1 Å². The van der Waals surface area contributed by atoms with Gasteiger partial charge in [-0.05, 0) is 48.9 Å². The van der Waals surface area contributed by atoms with Gasteiger partial charge in [-0.3, -0.25) is 4.79 Å². The van der Waals surface area contributed by atoms with Crippen molar-refractivity contribution in [3.8, 4) is 0 Å². The first-order chi connectivity index (χ1) is 14.1. The van der Waals surface area contributed by atoms with Gasteiger partial charge < -0.3 is 20.9 Å². The van der Waals surface area contributed by atoms with Gasteiger partial charge in [0.15, 0.2) is 0 Å². The molecule has 29 heavy (non-hydrogen) atoms. The van der Waals surface area contributed by atoms with Gasteiger partial charge in [0, 0.05) is 26.2 Å². The van der Waals surface area contributed by atoms with Crippen LogP contribution in [-0.2, 0) is 0 Å². The van der Waals surface area contributed by atoms with E-state index in [4.69, 9.17) is 5.73 Å². The second kappa shape index (κ2) is 8.66. The van der Waals surface area contributed by atoms with Gasteiger partial charge in [0.25, 0.3) is 5.91 Å². The van der Waals surface area contributed by atoms with Crippen LogP contribution in [0.15, 0.2) is 54.6 Å². The fraction of sp³-hybridized carbons (Fsp3) is 0.348. The predicted molar refractivity (Wildman–Crippen MR) is 113 cm³/mol. The number of carbonyl (C=O) groups is 2. The minimum Gasteiger partial charge on any atom is -0.351 e. The van der Waals surface area contributed by atoms with Crippen LogP contribution in [0.2, 0.25) is 0 Å². The topological polar surface area (TPSA) is 78.7 Å². The largest absolute Gasteiger partial charge is 0.351 e. The van der Waals surface area contributed by atoms with Crippen molar-refractivity contribution < 1.29 is 9.59 Å². The summed E-state index contributed by atoms with van der Waals surface area (Å²) in [6.07, 6.45) is 3.32. The number of anilines is 1. The van der Waals surface area contributed by atoms with E-state index in [1.165, 1.54) is 5.56 Å². The van der Waals surface area contributed by atoms with Gasteiger partial charge in [0.05, 0.1) is 11.3 Å². The van der Waals surface area contributed by atoms with Crippen molar-refractivity contribution in [1.82, 2.24) is 9.80 Å². The maximum Gasteiger partial charge on any atom is 0.316 e. The molecule has 2 fully saturated rings. The molecule has 0 aliphatic carbocycles. The Morgan fingerprint density at radius 2 is 1.62 bits per heavy atom. The van der Waals surface area contributed by atoms with Crippen molar-refractivity contribution in [2.24, 2.45) is 17.6 Å². The molecule has 2 saturated heterocycles. The van der Waals surface area contributed by atoms with E-state index >= 15 is 0 Å². The Morgan fingerprint density at radius 3 is 2.31 bits per heavy atom. The Labute approximate surface area is 171 Å². The normalized spacial score (nSPS) is 21.2. The van der Waals surface area contributed by atoms with Crippen LogP contribution < -0.4 is 11.1 Å². The predicted octanol–water partition coefficient (Wildman–Crippen LogP) is 2.82. The van der Waals surface area contributed by atoms with Gasteiger partial charge in [-0.15, -0.1) is 0 Å². The highest BCUT2D eigenvalue weighted by atomic mass is 16.2. The van der Waals surface area contributed by atoms with Crippen molar-refractivity contribution in [1.29, 1.82) is 0 Å². The third-order valence-electron chi connectivity index (χ3n) is 5.89. The molecule has 2 aromatic rings. The van der Waals surface area contributed by atoms with Crippen LogP contribution >= 0.6 is 0 Å². The molecule has 3 N–H and O–H groups in total. The smallest absolute Gasteiger partial charge is 0.316 e. The molecule has 6 nitrogen and oxygen atoms in total. The molecular weight excluding hydrogens is 364 g/mol. The van der Waals surface area contributed by atoms with Gasteiger partial charge in [-0.1, -0.05) is 42.5 Å². The number of nitrogens with zero attached hydrogens (tertiary/aromatic N) is 2. The number of fused-ring (bicyclic) bond motifs is 1. The highest BCUT2D eigenvalue weighted by Crippen LogP contribution is 2.32. The minimum absolute atomic E-state index is 0.0345. The van der Waals surface area contributed by atoms with E-state index in [0.717, 1.165) is 39.1 Å². The van der Waals surface area contributed by atoms with Gasteiger partial charge in [-0.2, -0.15) is 0 Å². The molecule has 0 saturated carbocycles. The molecule has 151 valence electrons. The first kappa shape index (κ1) is 19.5. The van der Waals surface area contributed by atoms with Crippen LogP contribution in [0.25, 0.3) is 0 Å². The number of para-hydroxylation sites is 1. The molecule has 2 heterocycles. The summed E-state index contributed by atoms with van der Waals surface area (Å²) < 4.78 is 0. The Balaban J connectivity index is 1.29. The number of hydrogen-bond donors (Lipinski definition) is 2. The quantitative estimate of drug-likeness (QED) is 0.795. The number of nitrogens with one attached hydrogen (secondary N) is 1. The van der Waals surface area contributed by atoms with Gasteiger partial charge in [0.1, 0.15) is 0 Å². The summed E-state index contributed by atoms with van der Waals surface area (Å²) in [6.45, 7) is 4.68. The Bertz CT molecular complexity index is 856. The first-order valence-electron chi connectivity index (χ1n) is 10.2. The fourth-order valence-electron chi connectivity index (χ4n) is 4.52. The van der Waals surface area contributed by atoms with E-state index in [1.807, 2.05) is 11.0 Å². The number of likely N-dealkylation sites (tertiary alicyclic amines) is 2. The molecule has 6 heteroatoms. The average molecular weight is 391 g/mol. The molecular formula is C23H27N4O2. The minimum atomic E-state index is -0.661. The second-order valence-electron chi connectivity index (χ2n) is 7.93. The van der Waals surface area contributed by atoms with E-state index in [1.54, 1.807) is 24.3 Å². The summed E-state index contributed by atoms with van der Waals surface area (Å²) in [5.41, 5.74) is 7.47. The van der Waals surface area contributed by atoms with E-state index in [9.17, 15) is 9.59 Å². The number of nitrogens with two attached hydrogens (primary N) is 1. The summed E-state index contributed by atoms with van der Waals surface area (Å²) in [4.78, 5) is 28.7. The van der Waals surface area contributed by atoms with Crippen LogP contribution in [-0.4, -0.2) is 54.5 Å². The number of carbonyl (C=O) groups excluding carboxylic acids is 2. The average Bonchev–Trinajstić information content (AvgIpc) is 3.27. The number of hydrogen-bond acceptors (Lipinski definition) is 3. The lowest BCUT2D eigenvalue weighted by Crippen LogP contribution is -2.34. The molecule has 2 aromatic carbocycles. The molecule has 3 amide bonds. The standard InChI is InChI=1S/C23H27N4O2/c24-23(29)25-21-11-5-4-10-20(21)22(28)27-15-18-13-26(14-19(18)16-27)12-6-9-17-7-2-1-3-8-17/h1-5,7-11,18-19H,6,12-16H2,(H3,24,25,29)/t18-,19?/m0/s1. The van der Waals surface area contributed by atoms with Crippen LogP contribution in [0.4, 0.5) is 10.5 Å². The van der Waals surface area contributed by atoms with Crippen molar-refractivity contribution >= 4 is 17.6 Å². The zero-order chi connectivity index (χ0) is 20.2. The lowest BCUT2D eigenvalue weighted by molar-refractivity contribution is 0.0775. The molecule has 2 atom stereocenters. The Kier molecular flexibility index (Phi) is 5.81. The summed E-state index contributed by atoms with van der Waals surface area (Å²) in [7, 11) is 0. The second-order valence-corrected chi connectivity index (χ2v) is 7.93. The van der Waals surface area contributed by atoms with Gasteiger partial charge in [-0.25, -0.2) is 4.79 Å². The van der Waals surface area contributed by atoms with Crippen molar-refractivity contribution in [2.45, 2.75) is 6.42 Å². The van der Waals surface area contributed by atoms with Crippen molar-refractivity contribution in [3.63, 3.8) is 0 Å². The lowest BCUT2D eigenvalue weighted by atomic mass is 10.0. The van der Waals surface area contributed by atoms with Gasteiger partial charge >= 0.3 is 6.03 Å². The fourth-order valence-corrected chi connectivity index (χ4v) is 4.52. The molecule has 2 aliphatic rings. The number of primary amides is 1. The highest BCUT2D eigenvalue weighted by molar-refractivity contribution is 6.03. The van der Waals surface area contributed by atoms with E-state index < -0.39 is 6.03 Å². The zero-order valence-electron chi connectivity index (χ0n) is 16.5. The molecule has 1 radical (unpaired) electrons. The number of benzene rings is 2. The van der Waals surface area contributed by atoms with E-state index in [2.05, 4.69) is 40.9 Å². The zero-order valence-corrected chi connectivity index (χ0v) is 16.5. The lowest BCUT2D eigenvalue weighted by Gasteiger charge is -2.22. The van der Waals surface area contributed by atoms with Crippen molar-refractivity contribution in [2.75, 3.05) is 38.0 Å². The third-order valence-corrected chi connectivity index (χ3v) is 5.89. The summed E-state index contributed by atoms with van der Waals surface area (Å²) in [5, 5.41) is 2.55. The maximum atomic E-state index is 13.0. The summed E-state index contributed by atoms with van der Waals surface area (Å²) in [6, 6.07) is 16.8.